The van der Waals surface area contributed by atoms with Crippen LogP contribution in [0.5, 0.6) is 0 Å². The van der Waals surface area contributed by atoms with Gasteiger partial charge in [0.15, 0.2) is 0 Å². The highest BCUT2D eigenvalue weighted by Gasteiger charge is 2.32. The van der Waals surface area contributed by atoms with Gasteiger partial charge in [-0.15, -0.1) is 0 Å². The highest BCUT2D eigenvalue weighted by molar-refractivity contribution is 5.62. The summed E-state index contributed by atoms with van der Waals surface area (Å²) in [6.45, 7) is 4.57. The summed E-state index contributed by atoms with van der Waals surface area (Å²) in [5, 5.41) is 0. The van der Waals surface area contributed by atoms with Crippen LogP contribution in [-0.2, 0) is 6.18 Å². The second-order valence-corrected chi connectivity index (χ2v) is 8.26. The molecule has 1 aromatic carbocycles. The van der Waals surface area contributed by atoms with Crippen molar-refractivity contribution in [3.05, 3.63) is 53.9 Å². The number of unbranched alkanes of at least 4 members (excludes halogenated alkanes) is 1. The summed E-state index contributed by atoms with van der Waals surface area (Å²) in [6, 6.07) is 10.8. The zero-order valence-corrected chi connectivity index (χ0v) is 16.8. The van der Waals surface area contributed by atoms with Gasteiger partial charge in [-0.1, -0.05) is 76.3 Å². The molecule has 1 unspecified atom stereocenters. The zero-order valence-electron chi connectivity index (χ0n) is 16.8. The van der Waals surface area contributed by atoms with Crippen LogP contribution in [0.3, 0.4) is 0 Å². The van der Waals surface area contributed by atoms with Crippen LogP contribution >= 0.6 is 0 Å². The number of pyridine rings is 1. The summed E-state index contributed by atoms with van der Waals surface area (Å²) in [5.41, 5.74) is 2.08. The van der Waals surface area contributed by atoms with Crippen LogP contribution in [0.25, 0.3) is 11.1 Å². The lowest BCUT2D eigenvalue weighted by atomic mass is 9.73. The largest absolute Gasteiger partial charge is 0.433 e. The molecule has 1 aromatic heterocycles. The molecule has 152 valence electrons. The minimum absolute atomic E-state index is 0.520. The molecule has 0 radical (unpaired) electrons. The van der Waals surface area contributed by atoms with Gasteiger partial charge in [0.25, 0.3) is 0 Å². The Morgan fingerprint density at radius 2 is 1.61 bits per heavy atom. The van der Waals surface area contributed by atoms with E-state index in [4.69, 9.17) is 0 Å². The van der Waals surface area contributed by atoms with Crippen molar-refractivity contribution in [1.82, 2.24) is 4.98 Å². The van der Waals surface area contributed by atoms with Gasteiger partial charge in [0, 0.05) is 11.8 Å². The molecule has 0 amide bonds. The van der Waals surface area contributed by atoms with E-state index in [1.807, 2.05) is 12.1 Å². The summed E-state index contributed by atoms with van der Waals surface area (Å²) in [6.07, 6.45) is 6.25. The Hall–Kier alpha value is -1.84. The van der Waals surface area contributed by atoms with E-state index < -0.39 is 11.9 Å². The second kappa shape index (κ2) is 9.11. The number of aromatic nitrogens is 1. The van der Waals surface area contributed by atoms with E-state index in [9.17, 15) is 13.2 Å². The van der Waals surface area contributed by atoms with Gasteiger partial charge in [0.05, 0.1) is 0 Å². The van der Waals surface area contributed by atoms with Crippen LogP contribution in [0.2, 0.25) is 0 Å². The summed E-state index contributed by atoms with van der Waals surface area (Å²) in [5.74, 6) is 2.17. The van der Waals surface area contributed by atoms with Crippen LogP contribution in [0, 0.1) is 11.8 Å². The lowest BCUT2D eigenvalue weighted by Crippen LogP contribution is -2.19. The quantitative estimate of drug-likeness (QED) is 0.490. The summed E-state index contributed by atoms with van der Waals surface area (Å²) < 4.78 is 38.0. The van der Waals surface area contributed by atoms with Crippen LogP contribution in [0.4, 0.5) is 13.2 Å². The lowest BCUT2D eigenvalue weighted by Gasteiger charge is -2.32. The van der Waals surface area contributed by atoms with Gasteiger partial charge >= 0.3 is 6.18 Å². The molecule has 0 bridgehead atoms. The van der Waals surface area contributed by atoms with E-state index in [1.54, 1.807) is 0 Å². The first-order valence-electron chi connectivity index (χ1n) is 10.5. The van der Waals surface area contributed by atoms with E-state index in [1.165, 1.54) is 62.8 Å². The zero-order chi connectivity index (χ0) is 20.1. The maximum atomic E-state index is 12.7. The highest BCUT2D eigenvalue weighted by Crippen LogP contribution is 2.40. The van der Waals surface area contributed by atoms with Gasteiger partial charge in [-0.3, -0.25) is 4.98 Å². The lowest BCUT2D eigenvalue weighted by molar-refractivity contribution is -0.141. The van der Waals surface area contributed by atoms with Crippen molar-refractivity contribution in [3.63, 3.8) is 0 Å². The second-order valence-electron chi connectivity index (χ2n) is 8.26. The van der Waals surface area contributed by atoms with E-state index in [0.29, 0.717) is 11.5 Å². The fourth-order valence-electron chi connectivity index (χ4n) is 4.45. The van der Waals surface area contributed by atoms with Gasteiger partial charge in [-0.25, -0.2) is 0 Å². The molecule has 1 atom stereocenters. The Kier molecular flexibility index (Phi) is 6.79. The molecule has 0 aliphatic heterocycles. The van der Waals surface area contributed by atoms with Crippen molar-refractivity contribution < 1.29 is 13.2 Å². The first-order valence-corrected chi connectivity index (χ1v) is 10.5. The molecule has 28 heavy (non-hydrogen) atoms. The molecule has 0 saturated heterocycles. The number of benzene rings is 1. The standard InChI is InChI=1S/C24H30F3N/c1-3-4-5-18-6-8-19(9-7-18)17(2)20-10-12-21(13-11-20)22-14-15-23(28-16-22)24(25,26)27/h10-19H,3-9H2,1-2H3. The first kappa shape index (κ1) is 20.9. The maximum Gasteiger partial charge on any atom is 0.433 e. The number of alkyl halides is 3. The number of hydrogen-bond donors (Lipinski definition) is 0. The van der Waals surface area contributed by atoms with Gasteiger partial charge in [0.1, 0.15) is 5.69 Å². The van der Waals surface area contributed by atoms with E-state index >= 15 is 0 Å². The molecule has 1 aliphatic rings. The Balaban J connectivity index is 1.61. The summed E-state index contributed by atoms with van der Waals surface area (Å²) in [4.78, 5) is 3.56. The van der Waals surface area contributed by atoms with Gasteiger partial charge in [-0.05, 0) is 47.8 Å². The third kappa shape index (κ3) is 5.15. The monoisotopic (exact) mass is 389 g/mol. The molecule has 1 saturated carbocycles. The molecule has 0 spiro atoms. The van der Waals surface area contributed by atoms with Crippen molar-refractivity contribution in [2.75, 3.05) is 0 Å². The third-order valence-electron chi connectivity index (χ3n) is 6.39. The van der Waals surface area contributed by atoms with Gasteiger partial charge < -0.3 is 0 Å². The Morgan fingerprint density at radius 3 is 2.14 bits per heavy atom. The van der Waals surface area contributed by atoms with Crippen molar-refractivity contribution in [2.45, 2.75) is 70.9 Å². The Labute approximate surface area is 166 Å². The number of rotatable bonds is 6. The van der Waals surface area contributed by atoms with Crippen molar-refractivity contribution in [3.8, 4) is 11.1 Å². The average Bonchev–Trinajstić information content (AvgIpc) is 2.72. The predicted molar refractivity (Wildman–Crippen MR) is 108 cm³/mol. The number of halogens is 3. The topological polar surface area (TPSA) is 12.9 Å². The van der Waals surface area contributed by atoms with Crippen LogP contribution in [0.15, 0.2) is 42.6 Å². The van der Waals surface area contributed by atoms with Crippen molar-refractivity contribution in [1.29, 1.82) is 0 Å². The van der Waals surface area contributed by atoms with Crippen molar-refractivity contribution in [2.24, 2.45) is 11.8 Å². The predicted octanol–water partition coefficient (Wildman–Crippen LogP) is 7.87. The molecule has 2 aromatic rings. The third-order valence-corrected chi connectivity index (χ3v) is 6.39. The molecular formula is C24H30F3N. The van der Waals surface area contributed by atoms with E-state index in [-0.39, 0.29) is 0 Å². The summed E-state index contributed by atoms with van der Waals surface area (Å²) >= 11 is 0. The number of hydrogen-bond acceptors (Lipinski definition) is 1. The molecule has 1 heterocycles. The van der Waals surface area contributed by atoms with Crippen LogP contribution in [0.1, 0.15) is 76.0 Å². The maximum absolute atomic E-state index is 12.7. The van der Waals surface area contributed by atoms with E-state index in [2.05, 4.69) is 31.0 Å². The first-order chi connectivity index (χ1) is 13.4. The van der Waals surface area contributed by atoms with E-state index in [0.717, 1.165) is 23.5 Å². The molecule has 1 nitrogen and oxygen atoms in total. The van der Waals surface area contributed by atoms with Gasteiger partial charge in [0.2, 0.25) is 0 Å². The van der Waals surface area contributed by atoms with Crippen molar-refractivity contribution >= 4 is 0 Å². The fourth-order valence-corrected chi connectivity index (χ4v) is 4.45. The molecule has 4 heteroatoms. The average molecular weight is 390 g/mol. The molecule has 0 N–H and O–H groups in total. The molecule has 3 rings (SSSR count). The Morgan fingerprint density at radius 1 is 0.964 bits per heavy atom. The Bertz CT molecular complexity index is 726. The molecule has 1 fully saturated rings. The van der Waals surface area contributed by atoms with Gasteiger partial charge in [-0.2, -0.15) is 13.2 Å². The SMILES string of the molecule is CCCCC1CCC(C(C)c2ccc(-c3ccc(C(F)(F)F)nc3)cc2)CC1. The van der Waals surface area contributed by atoms with Crippen LogP contribution in [-0.4, -0.2) is 4.98 Å². The number of nitrogens with zero attached hydrogens (tertiary/aromatic N) is 1. The smallest absolute Gasteiger partial charge is 0.251 e. The molecule has 1 aliphatic carbocycles. The highest BCUT2D eigenvalue weighted by atomic mass is 19.4. The minimum Gasteiger partial charge on any atom is -0.251 e. The fraction of sp³-hybridized carbons (Fsp3) is 0.542. The summed E-state index contributed by atoms with van der Waals surface area (Å²) in [7, 11) is 0. The normalized spacial score (nSPS) is 21.5. The van der Waals surface area contributed by atoms with Crippen LogP contribution < -0.4 is 0 Å². The molecular weight excluding hydrogens is 359 g/mol. The minimum atomic E-state index is -4.40.